The molecule has 0 spiro atoms. The van der Waals surface area contributed by atoms with Crippen LogP contribution in [0.3, 0.4) is 0 Å². The van der Waals surface area contributed by atoms with Gasteiger partial charge in [-0.2, -0.15) is 14.4 Å². The normalized spacial score (nSPS) is 17.2. The average molecular weight is 334 g/mol. The predicted octanol–water partition coefficient (Wildman–Crippen LogP) is 3.15. The van der Waals surface area contributed by atoms with Gasteiger partial charge in [0.15, 0.2) is 17.0 Å². The van der Waals surface area contributed by atoms with Gasteiger partial charge in [0, 0.05) is 18.0 Å². The molecule has 23 heavy (non-hydrogen) atoms. The molecule has 4 rings (SSSR count). The highest BCUT2D eigenvalue weighted by molar-refractivity contribution is 6.31. The first-order chi connectivity index (χ1) is 11.2. The van der Waals surface area contributed by atoms with Crippen LogP contribution >= 0.6 is 11.6 Å². The van der Waals surface area contributed by atoms with Crippen LogP contribution in [0.1, 0.15) is 18.2 Å². The third kappa shape index (κ3) is 2.62. The molecule has 1 unspecified atom stereocenters. The number of halogens is 2. The molecule has 1 aliphatic rings. The second kappa shape index (κ2) is 5.75. The molecule has 3 heterocycles. The van der Waals surface area contributed by atoms with E-state index in [0.717, 1.165) is 12.0 Å². The van der Waals surface area contributed by atoms with Gasteiger partial charge >= 0.3 is 6.08 Å². The summed E-state index contributed by atoms with van der Waals surface area (Å²) < 4.78 is 20.9. The number of nitrogens with zero attached hydrogens (tertiary/aromatic N) is 4. The van der Waals surface area contributed by atoms with Crippen molar-refractivity contribution in [3.8, 4) is 0 Å². The summed E-state index contributed by atoms with van der Waals surface area (Å²) in [5.41, 5.74) is 1.82. The minimum Gasteiger partial charge on any atom is -0.364 e. The third-order valence-corrected chi connectivity index (χ3v) is 4.15. The molecule has 1 aromatic carbocycles. The SMILES string of the molecule is Fc1nc(NCc2ccccc2Cl)c2ncn(C3CCO3)c2n1. The molecule has 3 aromatic rings. The van der Waals surface area contributed by atoms with Gasteiger partial charge in [-0.05, 0) is 11.6 Å². The van der Waals surface area contributed by atoms with E-state index in [1.165, 1.54) is 0 Å². The summed E-state index contributed by atoms with van der Waals surface area (Å²) in [4.78, 5) is 12.0. The van der Waals surface area contributed by atoms with E-state index in [1.54, 1.807) is 17.0 Å². The highest BCUT2D eigenvalue weighted by Gasteiger charge is 2.24. The number of rotatable bonds is 4. The van der Waals surface area contributed by atoms with Crippen LogP contribution in [0.2, 0.25) is 5.02 Å². The fraction of sp³-hybridized carbons (Fsp3) is 0.267. The summed E-state index contributed by atoms with van der Waals surface area (Å²) >= 11 is 6.13. The first-order valence-electron chi connectivity index (χ1n) is 7.21. The Morgan fingerprint density at radius 2 is 2.17 bits per heavy atom. The molecule has 6 nitrogen and oxygen atoms in total. The highest BCUT2D eigenvalue weighted by Crippen LogP contribution is 2.28. The van der Waals surface area contributed by atoms with E-state index in [1.807, 2.05) is 18.2 Å². The van der Waals surface area contributed by atoms with Gasteiger partial charge in [-0.3, -0.25) is 4.57 Å². The van der Waals surface area contributed by atoms with Crippen molar-refractivity contribution < 1.29 is 9.13 Å². The zero-order chi connectivity index (χ0) is 15.8. The van der Waals surface area contributed by atoms with Crippen LogP contribution in [0.5, 0.6) is 0 Å². The van der Waals surface area contributed by atoms with Crippen molar-refractivity contribution in [1.82, 2.24) is 19.5 Å². The minimum absolute atomic E-state index is 0.134. The first kappa shape index (κ1) is 14.3. The second-order valence-electron chi connectivity index (χ2n) is 5.22. The van der Waals surface area contributed by atoms with Crippen LogP contribution in [-0.4, -0.2) is 26.1 Å². The van der Waals surface area contributed by atoms with E-state index in [4.69, 9.17) is 16.3 Å². The minimum atomic E-state index is -0.805. The number of hydrogen-bond acceptors (Lipinski definition) is 5. The molecule has 1 aliphatic heterocycles. The van der Waals surface area contributed by atoms with Gasteiger partial charge in [0.25, 0.3) is 0 Å². The van der Waals surface area contributed by atoms with Crippen LogP contribution in [0.25, 0.3) is 11.2 Å². The van der Waals surface area contributed by atoms with Crippen LogP contribution in [-0.2, 0) is 11.3 Å². The van der Waals surface area contributed by atoms with E-state index < -0.39 is 6.08 Å². The Balaban J connectivity index is 1.67. The Hall–Kier alpha value is -2.25. The standard InChI is InChI=1S/C15H13ClFN5O/c16-10-4-2-1-3-9(10)7-18-13-12-14(21-15(17)20-13)22(8-19-12)11-5-6-23-11/h1-4,8,11H,5-7H2,(H,18,20,21). The van der Waals surface area contributed by atoms with Crippen molar-refractivity contribution in [3.63, 3.8) is 0 Å². The largest absolute Gasteiger partial charge is 0.364 e. The summed E-state index contributed by atoms with van der Waals surface area (Å²) in [5, 5.41) is 3.72. The number of ether oxygens (including phenoxy) is 1. The van der Waals surface area contributed by atoms with Crippen molar-refractivity contribution in [2.24, 2.45) is 0 Å². The maximum Gasteiger partial charge on any atom is 0.312 e. The molecule has 0 aliphatic carbocycles. The zero-order valence-corrected chi connectivity index (χ0v) is 12.8. The van der Waals surface area contributed by atoms with Gasteiger partial charge in [-0.1, -0.05) is 29.8 Å². The molecule has 0 saturated carbocycles. The van der Waals surface area contributed by atoms with Gasteiger partial charge in [-0.25, -0.2) is 4.98 Å². The summed E-state index contributed by atoms with van der Waals surface area (Å²) in [6, 6.07) is 7.44. The maximum absolute atomic E-state index is 13.8. The van der Waals surface area contributed by atoms with Crippen LogP contribution in [0.15, 0.2) is 30.6 Å². The summed E-state index contributed by atoms with van der Waals surface area (Å²) in [5.74, 6) is 0.338. The van der Waals surface area contributed by atoms with Crippen LogP contribution in [0, 0.1) is 6.08 Å². The van der Waals surface area contributed by atoms with Gasteiger partial charge in [0.05, 0.1) is 12.9 Å². The highest BCUT2D eigenvalue weighted by atomic mass is 35.5. The Kier molecular flexibility index (Phi) is 3.59. The van der Waals surface area contributed by atoms with Crippen LogP contribution in [0.4, 0.5) is 10.2 Å². The van der Waals surface area contributed by atoms with Crippen LogP contribution < -0.4 is 5.32 Å². The monoisotopic (exact) mass is 333 g/mol. The van der Waals surface area contributed by atoms with E-state index in [0.29, 0.717) is 35.2 Å². The molecule has 2 aromatic heterocycles. The van der Waals surface area contributed by atoms with Crippen molar-refractivity contribution in [2.75, 3.05) is 11.9 Å². The molecule has 1 N–H and O–H groups in total. The quantitative estimate of drug-likeness (QED) is 0.743. The third-order valence-electron chi connectivity index (χ3n) is 3.78. The van der Waals surface area contributed by atoms with E-state index in [2.05, 4.69) is 20.3 Å². The number of anilines is 1. The van der Waals surface area contributed by atoms with Gasteiger partial charge < -0.3 is 10.1 Å². The lowest BCUT2D eigenvalue weighted by molar-refractivity contribution is -0.0974. The fourth-order valence-electron chi connectivity index (χ4n) is 2.49. The molecule has 8 heteroatoms. The molecule has 0 amide bonds. The number of benzene rings is 1. The maximum atomic E-state index is 13.8. The number of imidazole rings is 1. The summed E-state index contributed by atoms with van der Waals surface area (Å²) in [6.07, 6.45) is 1.52. The molecule has 0 bridgehead atoms. The van der Waals surface area contributed by atoms with Crippen molar-refractivity contribution in [1.29, 1.82) is 0 Å². The van der Waals surface area contributed by atoms with Crippen molar-refractivity contribution >= 4 is 28.6 Å². The number of aromatic nitrogens is 4. The predicted molar refractivity (Wildman–Crippen MR) is 83.7 cm³/mol. The van der Waals surface area contributed by atoms with Crippen molar-refractivity contribution in [3.05, 3.63) is 47.3 Å². The number of fused-ring (bicyclic) bond motifs is 1. The molecule has 1 fully saturated rings. The molecule has 1 atom stereocenters. The van der Waals surface area contributed by atoms with E-state index in [9.17, 15) is 4.39 Å². The summed E-state index contributed by atoms with van der Waals surface area (Å²) in [7, 11) is 0. The zero-order valence-electron chi connectivity index (χ0n) is 12.0. The first-order valence-corrected chi connectivity index (χ1v) is 7.59. The number of hydrogen-bond donors (Lipinski definition) is 1. The van der Waals surface area contributed by atoms with E-state index in [-0.39, 0.29) is 6.23 Å². The summed E-state index contributed by atoms with van der Waals surface area (Å²) in [6.45, 7) is 1.10. The van der Waals surface area contributed by atoms with E-state index >= 15 is 0 Å². The average Bonchev–Trinajstić information content (AvgIpc) is 2.88. The fourth-order valence-corrected chi connectivity index (χ4v) is 2.69. The Bertz CT molecular complexity index is 864. The topological polar surface area (TPSA) is 64.9 Å². The smallest absolute Gasteiger partial charge is 0.312 e. The number of nitrogens with one attached hydrogen (secondary N) is 1. The molecule has 118 valence electrons. The second-order valence-corrected chi connectivity index (χ2v) is 5.63. The van der Waals surface area contributed by atoms with Gasteiger partial charge in [0.1, 0.15) is 6.23 Å². The lowest BCUT2D eigenvalue weighted by atomic mass is 10.2. The molecular formula is C15H13ClFN5O. The Morgan fingerprint density at radius 1 is 1.35 bits per heavy atom. The lowest BCUT2D eigenvalue weighted by Gasteiger charge is -2.27. The Labute approximate surface area is 136 Å². The van der Waals surface area contributed by atoms with Crippen molar-refractivity contribution in [2.45, 2.75) is 19.2 Å². The lowest BCUT2D eigenvalue weighted by Crippen LogP contribution is -2.24. The molecule has 0 radical (unpaired) electrons. The Morgan fingerprint density at radius 3 is 2.91 bits per heavy atom. The molecular weight excluding hydrogens is 321 g/mol. The molecule has 1 saturated heterocycles. The van der Waals surface area contributed by atoms with Gasteiger partial charge in [-0.15, -0.1) is 0 Å². The van der Waals surface area contributed by atoms with Gasteiger partial charge in [0.2, 0.25) is 0 Å².